The van der Waals surface area contributed by atoms with E-state index in [4.69, 9.17) is 10.5 Å². The summed E-state index contributed by atoms with van der Waals surface area (Å²) in [5, 5.41) is 9.30. The SMILES string of the molecule is COc1cc(CCCCN)c(F)cc1O. The van der Waals surface area contributed by atoms with Gasteiger partial charge < -0.3 is 15.6 Å². The predicted molar refractivity (Wildman–Crippen MR) is 56.6 cm³/mol. The Bertz CT molecular complexity index is 329. The fraction of sp³-hybridized carbons (Fsp3) is 0.455. The van der Waals surface area contributed by atoms with Crippen molar-refractivity contribution in [3.8, 4) is 11.5 Å². The maximum atomic E-state index is 13.3. The second-order valence-electron chi connectivity index (χ2n) is 3.36. The molecule has 0 atom stereocenters. The normalized spacial score (nSPS) is 10.3. The summed E-state index contributed by atoms with van der Waals surface area (Å²) in [5.41, 5.74) is 5.91. The summed E-state index contributed by atoms with van der Waals surface area (Å²) in [5.74, 6) is -0.262. The van der Waals surface area contributed by atoms with Crippen LogP contribution in [0.3, 0.4) is 0 Å². The van der Waals surface area contributed by atoms with E-state index in [0.717, 1.165) is 18.9 Å². The maximum Gasteiger partial charge on any atom is 0.160 e. The molecule has 0 spiro atoms. The molecule has 4 heteroatoms. The van der Waals surface area contributed by atoms with E-state index in [1.54, 1.807) is 0 Å². The molecule has 3 N–H and O–H groups in total. The molecule has 3 nitrogen and oxygen atoms in total. The van der Waals surface area contributed by atoms with Crippen molar-refractivity contribution < 1.29 is 14.2 Å². The Labute approximate surface area is 88.7 Å². The third-order valence-corrected chi connectivity index (χ3v) is 2.25. The van der Waals surface area contributed by atoms with E-state index >= 15 is 0 Å². The third-order valence-electron chi connectivity index (χ3n) is 2.25. The van der Waals surface area contributed by atoms with Gasteiger partial charge in [-0.3, -0.25) is 0 Å². The Balaban J connectivity index is 2.78. The monoisotopic (exact) mass is 213 g/mol. The highest BCUT2D eigenvalue weighted by molar-refractivity contribution is 5.42. The average molecular weight is 213 g/mol. The highest BCUT2D eigenvalue weighted by atomic mass is 19.1. The number of halogens is 1. The number of hydrogen-bond donors (Lipinski definition) is 2. The molecule has 0 bridgehead atoms. The van der Waals surface area contributed by atoms with Crippen LogP contribution in [0.2, 0.25) is 0 Å². The summed E-state index contributed by atoms with van der Waals surface area (Å²) in [6, 6.07) is 2.61. The van der Waals surface area contributed by atoms with Crippen LogP contribution < -0.4 is 10.5 Å². The summed E-state index contributed by atoms with van der Waals surface area (Å²) in [7, 11) is 1.44. The molecule has 0 saturated carbocycles. The van der Waals surface area contributed by atoms with Crippen LogP contribution >= 0.6 is 0 Å². The van der Waals surface area contributed by atoms with Gasteiger partial charge in [-0.15, -0.1) is 0 Å². The summed E-state index contributed by atoms with van der Waals surface area (Å²) in [6.07, 6.45) is 2.31. The lowest BCUT2D eigenvalue weighted by molar-refractivity contribution is 0.369. The van der Waals surface area contributed by atoms with Gasteiger partial charge in [0, 0.05) is 6.07 Å². The van der Waals surface area contributed by atoms with Crippen molar-refractivity contribution in [3.05, 3.63) is 23.5 Å². The lowest BCUT2D eigenvalue weighted by Crippen LogP contribution is -2.00. The number of benzene rings is 1. The lowest BCUT2D eigenvalue weighted by Gasteiger charge is -2.07. The number of aromatic hydroxyl groups is 1. The van der Waals surface area contributed by atoms with Crippen LogP contribution in [0.4, 0.5) is 4.39 Å². The Kier molecular flexibility index (Phi) is 4.37. The van der Waals surface area contributed by atoms with Crippen LogP contribution in [0.15, 0.2) is 12.1 Å². The molecule has 0 amide bonds. The van der Waals surface area contributed by atoms with Crippen molar-refractivity contribution in [1.82, 2.24) is 0 Å². The number of phenols is 1. The summed E-state index contributed by atoms with van der Waals surface area (Å²) < 4.78 is 18.3. The van der Waals surface area contributed by atoms with Crippen molar-refractivity contribution in [2.24, 2.45) is 5.73 Å². The Hall–Kier alpha value is -1.29. The van der Waals surface area contributed by atoms with Gasteiger partial charge in [-0.05, 0) is 37.4 Å². The molecule has 0 aliphatic heterocycles. The highest BCUT2D eigenvalue weighted by Gasteiger charge is 2.08. The Morgan fingerprint density at radius 3 is 2.73 bits per heavy atom. The van der Waals surface area contributed by atoms with Gasteiger partial charge in [0.25, 0.3) is 0 Å². The van der Waals surface area contributed by atoms with E-state index in [1.807, 2.05) is 0 Å². The zero-order valence-electron chi connectivity index (χ0n) is 8.79. The number of unbranched alkanes of at least 4 members (excludes halogenated alkanes) is 1. The Morgan fingerprint density at radius 2 is 2.13 bits per heavy atom. The summed E-state index contributed by atoms with van der Waals surface area (Å²) in [6.45, 7) is 0.608. The zero-order valence-corrected chi connectivity index (χ0v) is 8.79. The fourth-order valence-corrected chi connectivity index (χ4v) is 1.40. The van der Waals surface area contributed by atoms with Gasteiger partial charge in [0.2, 0.25) is 0 Å². The number of phenolic OH excluding ortho intramolecular Hbond substituents is 1. The molecule has 1 aromatic rings. The number of rotatable bonds is 5. The third kappa shape index (κ3) is 3.09. The second kappa shape index (κ2) is 5.56. The minimum absolute atomic E-state index is 0.169. The number of aryl methyl sites for hydroxylation is 1. The molecule has 0 radical (unpaired) electrons. The molecule has 1 aromatic carbocycles. The number of ether oxygens (including phenoxy) is 1. The molecule has 0 fully saturated rings. The summed E-state index contributed by atoms with van der Waals surface area (Å²) in [4.78, 5) is 0. The van der Waals surface area contributed by atoms with Crippen molar-refractivity contribution in [2.75, 3.05) is 13.7 Å². The van der Waals surface area contributed by atoms with Gasteiger partial charge in [-0.1, -0.05) is 0 Å². The van der Waals surface area contributed by atoms with Crippen LogP contribution in [0, 0.1) is 5.82 Å². The minimum Gasteiger partial charge on any atom is -0.504 e. The lowest BCUT2D eigenvalue weighted by atomic mass is 10.1. The quantitative estimate of drug-likeness (QED) is 0.733. The maximum absolute atomic E-state index is 13.3. The van der Waals surface area contributed by atoms with Crippen LogP contribution in [0.5, 0.6) is 11.5 Å². The number of methoxy groups -OCH3 is 1. The summed E-state index contributed by atoms with van der Waals surface area (Å²) >= 11 is 0. The molecule has 0 heterocycles. The molecule has 0 saturated heterocycles. The average Bonchev–Trinajstić information content (AvgIpc) is 2.21. The zero-order chi connectivity index (χ0) is 11.3. The van der Waals surface area contributed by atoms with E-state index in [9.17, 15) is 9.50 Å². The predicted octanol–water partition coefficient (Wildman–Crippen LogP) is 1.82. The van der Waals surface area contributed by atoms with Gasteiger partial charge in [-0.2, -0.15) is 0 Å². The van der Waals surface area contributed by atoms with Gasteiger partial charge in [0.05, 0.1) is 7.11 Å². The van der Waals surface area contributed by atoms with E-state index in [-0.39, 0.29) is 5.75 Å². The number of nitrogens with two attached hydrogens (primary N) is 1. The van der Waals surface area contributed by atoms with E-state index in [2.05, 4.69) is 0 Å². The first-order valence-corrected chi connectivity index (χ1v) is 4.94. The molecule has 15 heavy (non-hydrogen) atoms. The topological polar surface area (TPSA) is 55.5 Å². The first kappa shape index (κ1) is 11.8. The molecule has 0 aliphatic rings. The molecule has 0 aromatic heterocycles. The van der Waals surface area contributed by atoms with Crippen LogP contribution in [0.25, 0.3) is 0 Å². The van der Waals surface area contributed by atoms with E-state index in [0.29, 0.717) is 24.3 Å². The minimum atomic E-state index is -0.398. The van der Waals surface area contributed by atoms with Gasteiger partial charge in [-0.25, -0.2) is 4.39 Å². The standard InChI is InChI=1S/C11H16FNO2/c1-15-11-6-8(4-2-3-5-13)9(12)7-10(11)14/h6-7,14H,2-5,13H2,1H3. The molecular weight excluding hydrogens is 197 g/mol. The first-order valence-electron chi connectivity index (χ1n) is 4.94. The van der Waals surface area contributed by atoms with Gasteiger partial charge in [0.1, 0.15) is 5.82 Å². The van der Waals surface area contributed by atoms with Crippen LogP contribution in [0.1, 0.15) is 18.4 Å². The largest absolute Gasteiger partial charge is 0.504 e. The van der Waals surface area contributed by atoms with E-state index in [1.165, 1.54) is 13.2 Å². The van der Waals surface area contributed by atoms with Crippen LogP contribution in [-0.2, 0) is 6.42 Å². The van der Waals surface area contributed by atoms with Gasteiger partial charge in [0.15, 0.2) is 11.5 Å². The van der Waals surface area contributed by atoms with Crippen LogP contribution in [-0.4, -0.2) is 18.8 Å². The van der Waals surface area contributed by atoms with Crippen molar-refractivity contribution in [3.63, 3.8) is 0 Å². The molecule has 0 unspecified atom stereocenters. The fourth-order valence-electron chi connectivity index (χ4n) is 1.40. The second-order valence-corrected chi connectivity index (χ2v) is 3.36. The molecule has 0 aliphatic carbocycles. The molecule has 1 rings (SSSR count). The molecular formula is C11H16FNO2. The first-order chi connectivity index (χ1) is 7.19. The van der Waals surface area contributed by atoms with Gasteiger partial charge >= 0.3 is 0 Å². The highest BCUT2D eigenvalue weighted by Crippen LogP contribution is 2.29. The Morgan fingerprint density at radius 1 is 1.40 bits per heavy atom. The van der Waals surface area contributed by atoms with Crippen molar-refractivity contribution in [2.45, 2.75) is 19.3 Å². The molecule has 84 valence electrons. The van der Waals surface area contributed by atoms with Crippen molar-refractivity contribution >= 4 is 0 Å². The smallest absolute Gasteiger partial charge is 0.160 e. The number of hydrogen-bond acceptors (Lipinski definition) is 3. The van der Waals surface area contributed by atoms with Crippen molar-refractivity contribution in [1.29, 1.82) is 0 Å². The van der Waals surface area contributed by atoms with E-state index < -0.39 is 5.82 Å².